The normalized spacial score (nSPS) is 17.2. The third-order valence-electron chi connectivity index (χ3n) is 3.27. The van der Waals surface area contributed by atoms with E-state index >= 15 is 0 Å². The van der Waals surface area contributed by atoms with Gasteiger partial charge in [0.1, 0.15) is 5.75 Å². The molecule has 1 aliphatic heterocycles. The van der Waals surface area contributed by atoms with Crippen LogP contribution in [0.4, 0.5) is 5.69 Å². The van der Waals surface area contributed by atoms with E-state index < -0.39 is 0 Å². The van der Waals surface area contributed by atoms with E-state index in [1.807, 2.05) is 25.1 Å². The second-order valence-electron chi connectivity index (χ2n) is 5.07. The Morgan fingerprint density at radius 2 is 2.04 bits per heavy atom. The Morgan fingerprint density at radius 1 is 1.28 bits per heavy atom. The zero-order valence-electron chi connectivity index (χ0n) is 13.3. The van der Waals surface area contributed by atoms with Gasteiger partial charge in [0.25, 0.3) is 5.91 Å². The summed E-state index contributed by atoms with van der Waals surface area (Å²) in [7, 11) is 0. The van der Waals surface area contributed by atoms with Gasteiger partial charge in [-0.05, 0) is 67.2 Å². The molecule has 3 rings (SSSR count). The van der Waals surface area contributed by atoms with Crippen LogP contribution < -0.4 is 10.1 Å². The summed E-state index contributed by atoms with van der Waals surface area (Å²) < 4.78 is 6.54. The number of ether oxygens (including phenoxy) is 1. The van der Waals surface area contributed by atoms with Crippen molar-refractivity contribution in [3.63, 3.8) is 0 Å². The van der Waals surface area contributed by atoms with Gasteiger partial charge < -0.3 is 10.1 Å². The molecule has 0 aliphatic carbocycles. The molecule has 0 aromatic heterocycles. The van der Waals surface area contributed by atoms with Crippen LogP contribution in [0.2, 0.25) is 5.02 Å². The molecule has 1 aliphatic rings. The highest BCUT2D eigenvalue weighted by Gasteiger charge is 2.24. The number of benzene rings is 2. The summed E-state index contributed by atoms with van der Waals surface area (Å²) in [6, 6.07) is 12.8. The van der Waals surface area contributed by atoms with Gasteiger partial charge in [-0.1, -0.05) is 27.5 Å². The summed E-state index contributed by atoms with van der Waals surface area (Å²) >= 11 is 10.6. The number of aliphatic imine (C=N–C) groups is 1. The number of halogens is 2. The van der Waals surface area contributed by atoms with E-state index in [-0.39, 0.29) is 5.91 Å². The Kier molecular flexibility index (Phi) is 5.83. The Labute approximate surface area is 163 Å². The van der Waals surface area contributed by atoms with Crippen molar-refractivity contribution in [1.82, 2.24) is 5.32 Å². The lowest BCUT2D eigenvalue weighted by molar-refractivity contribution is -0.115. The molecule has 0 unspecified atom stereocenters. The number of nitrogens with one attached hydrogen (secondary N) is 1. The lowest BCUT2D eigenvalue weighted by Gasteiger charge is -2.07. The molecular weight excluding hydrogens is 424 g/mol. The molecule has 25 heavy (non-hydrogen) atoms. The van der Waals surface area contributed by atoms with Gasteiger partial charge in [0.2, 0.25) is 0 Å². The van der Waals surface area contributed by atoms with Gasteiger partial charge in [-0.2, -0.15) is 0 Å². The van der Waals surface area contributed by atoms with Crippen LogP contribution in [0.15, 0.2) is 56.8 Å². The van der Waals surface area contributed by atoms with Crippen LogP contribution in [0, 0.1) is 0 Å². The number of hydrogen-bond acceptors (Lipinski definition) is 4. The van der Waals surface area contributed by atoms with Crippen LogP contribution in [0.3, 0.4) is 0 Å². The smallest absolute Gasteiger partial charge is 0.264 e. The first kappa shape index (κ1) is 18.0. The summed E-state index contributed by atoms with van der Waals surface area (Å²) in [5.41, 5.74) is 1.56. The Balaban J connectivity index is 1.86. The van der Waals surface area contributed by atoms with Crippen molar-refractivity contribution in [1.29, 1.82) is 0 Å². The zero-order chi connectivity index (χ0) is 17.8. The van der Waals surface area contributed by atoms with Crippen molar-refractivity contribution in [2.45, 2.75) is 6.92 Å². The maximum absolute atomic E-state index is 12.2. The molecule has 0 radical (unpaired) electrons. The highest BCUT2D eigenvalue weighted by Crippen LogP contribution is 2.32. The average Bonchev–Trinajstić information content (AvgIpc) is 2.92. The minimum atomic E-state index is -0.180. The predicted octanol–water partition coefficient (Wildman–Crippen LogP) is 5.39. The number of amides is 1. The zero-order valence-corrected chi connectivity index (χ0v) is 16.4. The number of thioether (sulfide) groups is 1. The lowest BCUT2D eigenvalue weighted by Crippen LogP contribution is -2.19. The van der Waals surface area contributed by atoms with Crippen LogP contribution in [-0.4, -0.2) is 17.7 Å². The van der Waals surface area contributed by atoms with Crippen molar-refractivity contribution in [3.8, 4) is 5.75 Å². The van der Waals surface area contributed by atoms with Crippen LogP contribution in [-0.2, 0) is 4.79 Å². The van der Waals surface area contributed by atoms with E-state index in [1.165, 1.54) is 11.8 Å². The summed E-state index contributed by atoms with van der Waals surface area (Å²) in [5.74, 6) is 0.551. The minimum absolute atomic E-state index is 0.180. The molecule has 0 spiro atoms. The number of nitrogens with zero attached hydrogens (tertiary/aromatic N) is 1. The van der Waals surface area contributed by atoms with Gasteiger partial charge in [-0.3, -0.25) is 4.79 Å². The van der Waals surface area contributed by atoms with Gasteiger partial charge in [0, 0.05) is 15.1 Å². The second kappa shape index (κ2) is 8.08. The SMILES string of the molecule is CCOc1ccc(Br)cc1/C=C1\SC(=Nc2ccc(Cl)cc2)NC1=O. The highest BCUT2D eigenvalue weighted by atomic mass is 79.9. The van der Waals surface area contributed by atoms with E-state index in [9.17, 15) is 4.79 Å². The number of hydrogen-bond donors (Lipinski definition) is 1. The summed E-state index contributed by atoms with van der Waals surface area (Å²) in [5, 5.41) is 3.95. The third-order valence-corrected chi connectivity index (χ3v) is 4.92. The minimum Gasteiger partial charge on any atom is -0.493 e. The monoisotopic (exact) mass is 436 g/mol. The van der Waals surface area contributed by atoms with Crippen molar-refractivity contribution >= 4 is 62.1 Å². The third kappa shape index (κ3) is 4.66. The van der Waals surface area contributed by atoms with E-state index in [2.05, 4.69) is 26.2 Å². The van der Waals surface area contributed by atoms with Crippen molar-refractivity contribution in [3.05, 3.63) is 62.4 Å². The van der Waals surface area contributed by atoms with Crippen LogP contribution >= 0.6 is 39.3 Å². The van der Waals surface area contributed by atoms with Gasteiger partial charge in [-0.15, -0.1) is 0 Å². The molecule has 2 aromatic carbocycles. The molecule has 1 saturated heterocycles. The van der Waals surface area contributed by atoms with Crippen LogP contribution in [0.1, 0.15) is 12.5 Å². The van der Waals surface area contributed by atoms with Crippen molar-refractivity contribution < 1.29 is 9.53 Å². The van der Waals surface area contributed by atoms with Crippen LogP contribution in [0.25, 0.3) is 6.08 Å². The largest absolute Gasteiger partial charge is 0.493 e. The number of rotatable bonds is 4. The molecule has 0 saturated carbocycles. The quantitative estimate of drug-likeness (QED) is 0.652. The van der Waals surface area contributed by atoms with E-state index in [0.29, 0.717) is 21.7 Å². The summed E-state index contributed by atoms with van der Waals surface area (Å²) in [4.78, 5) is 17.2. The van der Waals surface area contributed by atoms with Crippen molar-refractivity contribution in [2.24, 2.45) is 4.99 Å². The molecule has 7 heteroatoms. The molecule has 1 N–H and O–H groups in total. The molecule has 1 heterocycles. The number of carbonyl (C=O) groups is 1. The fraction of sp³-hybridized carbons (Fsp3) is 0.111. The molecule has 0 bridgehead atoms. The second-order valence-corrected chi connectivity index (χ2v) is 7.46. The summed E-state index contributed by atoms with van der Waals surface area (Å²) in [6.07, 6.45) is 1.81. The number of amidine groups is 1. The fourth-order valence-electron chi connectivity index (χ4n) is 2.17. The first-order valence-electron chi connectivity index (χ1n) is 7.52. The van der Waals surface area contributed by atoms with E-state index in [0.717, 1.165) is 21.5 Å². The fourth-order valence-corrected chi connectivity index (χ4v) is 3.51. The Morgan fingerprint density at radius 3 is 2.76 bits per heavy atom. The van der Waals surface area contributed by atoms with Crippen LogP contribution in [0.5, 0.6) is 5.75 Å². The first-order valence-corrected chi connectivity index (χ1v) is 9.51. The lowest BCUT2D eigenvalue weighted by atomic mass is 10.2. The predicted molar refractivity (Wildman–Crippen MR) is 108 cm³/mol. The van der Waals surface area contributed by atoms with E-state index in [1.54, 1.807) is 30.3 Å². The standard InChI is InChI=1S/C18H14BrClN2O2S/c1-2-24-15-8-3-12(19)9-11(15)10-16-17(23)22-18(25-16)21-14-6-4-13(20)5-7-14/h3-10H,2H2,1H3,(H,21,22,23)/b16-10-. The highest BCUT2D eigenvalue weighted by molar-refractivity contribution is 9.10. The topological polar surface area (TPSA) is 50.7 Å². The van der Waals surface area contributed by atoms with Crippen molar-refractivity contribution in [2.75, 3.05) is 6.61 Å². The number of carbonyl (C=O) groups excluding carboxylic acids is 1. The van der Waals surface area contributed by atoms with Gasteiger partial charge in [-0.25, -0.2) is 4.99 Å². The molecule has 1 fully saturated rings. The van der Waals surface area contributed by atoms with Gasteiger partial charge >= 0.3 is 0 Å². The summed E-state index contributed by atoms with van der Waals surface area (Å²) in [6.45, 7) is 2.48. The maximum Gasteiger partial charge on any atom is 0.264 e. The first-order chi connectivity index (χ1) is 12.0. The molecule has 2 aromatic rings. The van der Waals surface area contributed by atoms with E-state index in [4.69, 9.17) is 16.3 Å². The molecule has 4 nitrogen and oxygen atoms in total. The molecular formula is C18H14BrClN2O2S. The van der Waals surface area contributed by atoms with Gasteiger partial charge in [0.15, 0.2) is 5.17 Å². The molecule has 128 valence electrons. The average molecular weight is 438 g/mol. The molecule has 1 amide bonds. The Bertz CT molecular complexity index is 866. The maximum atomic E-state index is 12.2. The van der Waals surface area contributed by atoms with Gasteiger partial charge in [0.05, 0.1) is 17.2 Å². The Hall–Kier alpha value is -1.76. The molecule has 0 atom stereocenters.